The fourth-order valence-electron chi connectivity index (χ4n) is 7.99. The molecule has 2 heteroatoms. The molecular weight excluding hydrogens is 524 g/mol. The second-order valence-corrected chi connectivity index (χ2v) is 14.0. The van der Waals surface area contributed by atoms with Gasteiger partial charge in [0.1, 0.15) is 11.5 Å². The molecule has 43 heavy (non-hydrogen) atoms. The van der Waals surface area contributed by atoms with Crippen molar-refractivity contribution < 1.29 is 10.2 Å². The number of phenolic OH excluding ortho intramolecular Hbond substituents is 2. The Hall–Kier alpha value is -3.52. The van der Waals surface area contributed by atoms with Crippen molar-refractivity contribution in [3.63, 3.8) is 0 Å². The van der Waals surface area contributed by atoms with E-state index in [0.29, 0.717) is 17.9 Å². The van der Waals surface area contributed by atoms with E-state index in [1.165, 1.54) is 60.8 Å². The number of rotatable bonds is 8. The summed E-state index contributed by atoms with van der Waals surface area (Å²) >= 11 is 0. The Morgan fingerprint density at radius 3 is 1.21 bits per heavy atom. The minimum atomic E-state index is -0.0261. The van der Waals surface area contributed by atoms with Gasteiger partial charge in [-0.25, -0.2) is 0 Å². The molecule has 0 heterocycles. The van der Waals surface area contributed by atoms with E-state index < -0.39 is 0 Å². The molecule has 2 saturated carbocycles. The van der Waals surface area contributed by atoms with E-state index in [1.807, 2.05) is 0 Å². The summed E-state index contributed by atoms with van der Waals surface area (Å²) in [6.07, 6.45) is 14.0. The SMILES string of the molecule is CC1(c2cc(Cc3ccccc3)cc(Cc3cc(Cc4ccccc4)cc(C4(C)CCCCC4)c3O)c2O)CCCCC1. The molecule has 0 atom stereocenters. The van der Waals surface area contributed by atoms with Crippen LogP contribution >= 0.6 is 0 Å². The van der Waals surface area contributed by atoms with E-state index in [4.69, 9.17) is 0 Å². The van der Waals surface area contributed by atoms with Gasteiger partial charge in [0.25, 0.3) is 0 Å². The first-order valence-electron chi connectivity index (χ1n) is 16.6. The fourth-order valence-corrected chi connectivity index (χ4v) is 7.99. The third-order valence-corrected chi connectivity index (χ3v) is 10.6. The molecule has 4 aromatic rings. The van der Waals surface area contributed by atoms with Crippen LogP contribution in [0, 0.1) is 0 Å². The minimum Gasteiger partial charge on any atom is -0.507 e. The zero-order chi connectivity index (χ0) is 29.9. The first kappa shape index (κ1) is 29.5. The van der Waals surface area contributed by atoms with Crippen molar-refractivity contribution in [2.75, 3.05) is 0 Å². The second-order valence-electron chi connectivity index (χ2n) is 14.0. The van der Waals surface area contributed by atoms with Gasteiger partial charge in [0.05, 0.1) is 0 Å². The van der Waals surface area contributed by atoms with E-state index in [-0.39, 0.29) is 10.8 Å². The van der Waals surface area contributed by atoms with Gasteiger partial charge in [-0.15, -0.1) is 0 Å². The number of aromatic hydroxyl groups is 2. The average Bonchev–Trinajstić information content (AvgIpc) is 3.02. The largest absolute Gasteiger partial charge is 0.507 e. The summed E-state index contributed by atoms with van der Waals surface area (Å²) in [7, 11) is 0. The van der Waals surface area contributed by atoms with Crippen molar-refractivity contribution in [1.82, 2.24) is 0 Å². The monoisotopic (exact) mass is 572 g/mol. The minimum absolute atomic E-state index is 0.0261. The molecule has 0 radical (unpaired) electrons. The Kier molecular flexibility index (Phi) is 8.66. The first-order chi connectivity index (χ1) is 20.8. The van der Waals surface area contributed by atoms with Gasteiger partial charge in [0, 0.05) is 17.5 Å². The lowest BCUT2D eigenvalue weighted by Crippen LogP contribution is -2.26. The Morgan fingerprint density at radius 1 is 0.465 bits per heavy atom. The lowest BCUT2D eigenvalue weighted by atomic mass is 9.69. The predicted molar refractivity (Wildman–Crippen MR) is 178 cm³/mol. The van der Waals surface area contributed by atoms with Crippen LogP contribution in [-0.2, 0) is 30.1 Å². The summed E-state index contributed by atoms with van der Waals surface area (Å²) in [5.74, 6) is 0.860. The molecule has 0 spiro atoms. The molecule has 224 valence electrons. The lowest BCUT2D eigenvalue weighted by molar-refractivity contribution is 0.306. The third kappa shape index (κ3) is 6.54. The highest BCUT2D eigenvalue weighted by Gasteiger charge is 2.34. The van der Waals surface area contributed by atoms with Crippen molar-refractivity contribution in [2.45, 2.75) is 108 Å². The molecule has 0 bridgehead atoms. The third-order valence-electron chi connectivity index (χ3n) is 10.6. The smallest absolute Gasteiger partial charge is 0.122 e. The molecule has 6 rings (SSSR count). The molecule has 2 aliphatic rings. The summed E-state index contributed by atoms with van der Waals surface area (Å²) in [5, 5.41) is 23.9. The summed E-state index contributed by atoms with van der Waals surface area (Å²) in [4.78, 5) is 0. The Bertz CT molecular complexity index is 1410. The maximum Gasteiger partial charge on any atom is 0.122 e. The molecule has 2 nitrogen and oxygen atoms in total. The van der Waals surface area contributed by atoms with Gasteiger partial charge >= 0.3 is 0 Å². The summed E-state index contributed by atoms with van der Waals surface area (Å²) in [6, 6.07) is 30.2. The van der Waals surface area contributed by atoms with Gasteiger partial charge in [-0.3, -0.25) is 0 Å². The topological polar surface area (TPSA) is 40.5 Å². The first-order valence-corrected chi connectivity index (χ1v) is 16.6. The summed E-state index contributed by atoms with van der Waals surface area (Å²) in [5.41, 5.74) is 9.02. The molecule has 4 aromatic carbocycles. The highest BCUT2D eigenvalue weighted by Crippen LogP contribution is 2.47. The predicted octanol–water partition coefficient (Wildman–Crippen LogP) is 10.3. The van der Waals surface area contributed by atoms with Gasteiger partial charge < -0.3 is 10.2 Å². The van der Waals surface area contributed by atoms with Crippen molar-refractivity contribution in [2.24, 2.45) is 0 Å². The van der Waals surface area contributed by atoms with Crippen LogP contribution in [0.1, 0.15) is 123 Å². The van der Waals surface area contributed by atoms with Gasteiger partial charge in [0.15, 0.2) is 0 Å². The molecular formula is C41H48O2. The van der Waals surface area contributed by atoms with Gasteiger partial charge in [-0.1, -0.05) is 137 Å². The van der Waals surface area contributed by atoms with Crippen molar-refractivity contribution in [1.29, 1.82) is 0 Å². The van der Waals surface area contributed by atoms with Gasteiger partial charge in [-0.05, 0) is 82.7 Å². The molecule has 2 aliphatic carbocycles. The second kappa shape index (κ2) is 12.6. The van der Waals surface area contributed by atoms with Crippen LogP contribution in [0.3, 0.4) is 0 Å². The highest BCUT2D eigenvalue weighted by molar-refractivity contribution is 5.55. The van der Waals surface area contributed by atoms with Gasteiger partial charge in [-0.2, -0.15) is 0 Å². The Labute approximate surface area is 258 Å². The van der Waals surface area contributed by atoms with E-state index in [0.717, 1.165) is 60.8 Å². The van der Waals surface area contributed by atoms with Crippen LogP contribution in [0.4, 0.5) is 0 Å². The van der Waals surface area contributed by atoms with Crippen LogP contribution in [0.15, 0.2) is 84.9 Å². The number of hydrogen-bond donors (Lipinski definition) is 2. The van der Waals surface area contributed by atoms with Crippen molar-refractivity contribution in [3.05, 3.63) is 129 Å². The fraction of sp³-hybridized carbons (Fsp3) is 0.415. The number of phenols is 2. The Balaban J connectivity index is 1.44. The standard InChI is InChI=1S/C41H48O2/c1-40(19-11-5-12-20-40)36-27-32(23-30-15-7-3-8-16-30)25-34(38(36)42)29-35-26-33(24-31-17-9-4-10-18-31)28-37(39(35)43)41(2)21-13-6-14-22-41/h3-4,7-10,15-18,25-28,42-43H,5-6,11-14,19-24,29H2,1-2H3. The number of hydrogen-bond acceptors (Lipinski definition) is 2. The average molecular weight is 573 g/mol. The molecule has 0 saturated heterocycles. The maximum absolute atomic E-state index is 11.9. The highest BCUT2D eigenvalue weighted by atomic mass is 16.3. The van der Waals surface area contributed by atoms with E-state index in [1.54, 1.807) is 0 Å². The van der Waals surface area contributed by atoms with Crippen LogP contribution in [-0.4, -0.2) is 10.2 Å². The van der Waals surface area contributed by atoms with Crippen LogP contribution in [0.2, 0.25) is 0 Å². The van der Waals surface area contributed by atoms with E-state index >= 15 is 0 Å². The zero-order valence-electron chi connectivity index (χ0n) is 26.2. The maximum atomic E-state index is 11.9. The van der Waals surface area contributed by atoms with Crippen LogP contribution < -0.4 is 0 Å². The van der Waals surface area contributed by atoms with Gasteiger partial charge in [0.2, 0.25) is 0 Å². The quantitative estimate of drug-likeness (QED) is 0.220. The van der Waals surface area contributed by atoms with Crippen molar-refractivity contribution >= 4 is 0 Å². The molecule has 0 aliphatic heterocycles. The number of benzene rings is 4. The normalized spacial score (nSPS) is 17.9. The lowest BCUT2D eigenvalue weighted by Gasteiger charge is -2.36. The molecule has 0 aromatic heterocycles. The zero-order valence-corrected chi connectivity index (χ0v) is 26.2. The summed E-state index contributed by atoms with van der Waals surface area (Å²) in [6.45, 7) is 4.69. The molecule has 0 unspecified atom stereocenters. The molecule has 2 N–H and O–H groups in total. The van der Waals surface area contributed by atoms with Crippen molar-refractivity contribution in [3.8, 4) is 11.5 Å². The van der Waals surface area contributed by atoms with E-state index in [2.05, 4.69) is 98.8 Å². The Morgan fingerprint density at radius 2 is 0.837 bits per heavy atom. The molecule has 2 fully saturated rings. The van der Waals surface area contributed by atoms with E-state index in [9.17, 15) is 10.2 Å². The summed E-state index contributed by atoms with van der Waals surface area (Å²) < 4.78 is 0. The molecule has 0 amide bonds. The van der Waals surface area contributed by atoms with Crippen LogP contribution in [0.5, 0.6) is 11.5 Å². The van der Waals surface area contributed by atoms with Crippen LogP contribution in [0.25, 0.3) is 0 Å².